The van der Waals surface area contributed by atoms with Crippen LogP contribution in [0.3, 0.4) is 0 Å². The summed E-state index contributed by atoms with van der Waals surface area (Å²) in [5.74, 6) is -0.932. The fourth-order valence-corrected chi connectivity index (χ4v) is 1.23. The summed E-state index contributed by atoms with van der Waals surface area (Å²) in [7, 11) is 1.69. The highest BCUT2D eigenvalue weighted by atomic mass is 16.2. The average Bonchev–Trinajstić information content (AvgIpc) is 2.26. The Hall–Kier alpha value is -1.16. The molecule has 0 rings (SSSR count). The van der Waals surface area contributed by atoms with Crippen LogP contribution in [0.25, 0.3) is 0 Å². The zero-order chi connectivity index (χ0) is 11.7. The van der Waals surface area contributed by atoms with Crippen LogP contribution in [0.2, 0.25) is 0 Å². The molecule has 0 fully saturated rings. The van der Waals surface area contributed by atoms with Gasteiger partial charge in [0.05, 0.1) is 6.04 Å². The molecule has 0 saturated carbocycles. The van der Waals surface area contributed by atoms with E-state index >= 15 is 0 Å². The van der Waals surface area contributed by atoms with Crippen LogP contribution in [-0.2, 0) is 9.59 Å². The SMILES string of the molecule is C=CCNC(=O)C(=O)C(CCCC)NC. The number of hydrogen-bond donors (Lipinski definition) is 2. The second kappa shape index (κ2) is 8.17. The highest BCUT2D eigenvalue weighted by molar-refractivity contribution is 6.38. The van der Waals surface area contributed by atoms with Gasteiger partial charge in [-0.15, -0.1) is 6.58 Å². The van der Waals surface area contributed by atoms with E-state index in [2.05, 4.69) is 24.1 Å². The number of carbonyl (C=O) groups excluding carboxylic acids is 2. The van der Waals surface area contributed by atoms with Crippen LogP contribution in [0.5, 0.6) is 0 Å². The van der Waals surface area contributed by atoms with Gasteiger partial charge in [0, 0.05) is 6.54 Å². The molecule has 0 bridgehead atoms. The number of amides is 1. The van der Waals surface area contributed by atoms with E-state index in [4.69, 9.17) is 0 Å². The van der Waals surface area contributed by atoms with E-state index < -0.39 is 11.7 Å². The third-order valence-corrected chi connectivity index (χ3v) is 2.14. The molecule has 0 saturated heterocycles. The van der Waals surface area contributed by atoms with Gasteiger partial charge in [0.2, 0.25) is 5.78 Å². The minimum atomic E-state index is -0.537. The molecule has 0 aromatic carbocycles. The number of Topliss-reactive ketones (excluding diaryl/α,β-unsaturated/α-hetero) is 1. The molecule has 0 aromatic heterocycles. The molecule has 0 aliphatic rings. The van der Waals surface area contributed by atoms with Gasteiger partial charge in [-0.25, -0.2) is 0 Å². The van der Waals surface area contributed by atoms with Crippen LogP contribution in [0.4, 0.5) is 0 Å². The predicted molar refractivity (Wildman–Crippen MR) is 60.6 cm³/mol. The first-order valence-electron chi connectivity index (χ1n) is 5.27. The van der Waals surface area contributed by atoms with Crippen molar-refractivity contribution in [2.75, 3.05) is 13.6 Å². The number of ketones is 1. The van der Waals surface area contributed by atoms with Crippen LogP contribution < -0.4 is 10.6 Å². The molecule has 1 atom stereocenters. The highest BCUT2D eigenvalue weighted by Crippen LogP contribution is 2.01. The third-order valence-electron chi connectivity index (χ3n) is 2.14. The van der Waals surface area contributed by atoms with Crippen LogP contribution in [-0.4, -0.2) is 31.3 Å². The number of unbranched alkanes of at least 4 members (excludes halogenated alkanes) is 1. The lowest BCUT2D eigenvalue weighted by Crippen LogP contribution is -2.44. The standard InChI is InChI=1S/C11H20N2O2/c1-4-6-7-9(12-3)10(14)11(15)13-8-5-2/h5,9,12H,2,4,6-8H2,1,3H3,(H,13,15). The molecule has 0 aliphatic heterocycles. The lowest BCUT2D eigenvalue weighted by molar-refractivity contribution is -0.139. The molecule has 0 heterocycles. The van der Waals surface area contributed by atoms with Gasteiger partial charge in [0.25, 0.3) is 5.91 Å². The molecular weight excluding hydrogens is 192 g/mol. The second-order valence-electron chi connectivity index (χ2n) is 3.35. The maximum Gasteiger partial charge on any atom is 0.289 e. The van der Waals surface area contributed by atoms with Gasteiger partial charge < -0.3 is 10.6 Å². The molecule has 2 N–H and O–H groups in total. The molecule has 0 aliphatic carbocycles. The van der Waals surface area contributed by atoms with Crippen molar-refractivity contribution in [3.8, 4) is 0 Å². The maximum atomic E-state index is 11.6. The van der Waals surface area contributed by atoms with E-state index in [0.717, 1.165) is 12.8 Å². The van der Waals surface area contributed by atoms with Gasteiger partial charge in [-0.3, -0.25) is 9.59 Å². The molecule has 4 nitrogen and oxygen atoms in total. The first-order chi connectivity index (χ1) is 7.17. The second-order valence-corrected chi connectivity index (χ2v) is 3.35. The number of carbonyl (C=O) groups is 2. The van der Waals surface area contributed by atoms with Crippen LogP contribution in [0.15, 0.2) is 12.7 Å². The molecule has 4 heteroatoms. The number of likely N-dealkylation sites (N-methyl/N-ethyl adjacent to an activating group) is 1. The van der Waals surface area contributed by atoms with Crippen molar-refractivity contribution >= 4 is 11.7 Å². The van der Waals surface area contributed by atoms with Crippen molar-refractivity contribution in [1.29, 1.82) is 0 Å². The van der Waals surface area contributed by atoms with Crippen molar-refractivity contribution < 1.29 is 9.59 Å². The molecule has 0 radical (unpaired) electrons. The van der Waals surface area contributed by atoms with Gasteiger partial charge >= 0.3 is 0 Å². The van der Waals surface area contributed by atoms with E-state index in [1.165, 1.54) is 0 Å². The van der Waals surface area contributed by atoms with Gasteiger partial charge in [-0.1, -0.05) is 25.8 Å². The van der Waals surface area contributed by atoms with Crippen molar-refractivity contribution in [3.63, 3.8) is 0 Å². The maximum absolute atomic E-state index is 11.6. The summed E-state index contributed by atoms with van der Waals surface area (Å²) in [5.41, 5.74) is 0. The summed E-state index contributed by atoms with van der Waals surface area (Å²) in [6, 6.07) is -0.366. The Morgan fingerprint density at radius 3 is 2.60 bits per heavy atom. The minimum absolute atomic E-state index is 0.328. The van der Waals surface area contributed by atoms with Crippen LogP contribution >= 0.6 is 0 Å². The fourth-order valence-electron chi connectivity index (χ4n) is 1.23. The molecule has 15 heavy (non-hydrogen) atoms. The summed E-state index contributed by atoms with van der Waals surface area (Å²) in [4.78, 5) is 22.9. The molecule has 1 unspecified atom stereocenters. The lowest BCUT2D eigenvalue weighted by Gasteiger charge is -2.13. The van der Waals surface area contributed by atoms with Gasteiger partial charge in [0.1, 0.15) is 0 Å². The van der Waals surface area contributed by atoms with E-state index in [9.17, 15) is 9.59 Å². The monoisotopic (exact) mass is 212 g/mol. The Labute approximate surface area is 91.1 Å². The zero-order valence-corrected chi connectivity index (χ0v) is 9.51. The van der Waals surface area contributed by atoms with Gasteiger partial charge in [0.15, 0.2) is 0 Å². The first-order valence-corrected chi connectivity index (χ1v) is 5.27. The first kappa shape index (κ1) is 13.8. The number of rotatable bonds is 8. The topological polar surface area (TPSA) is 58.2 Å². The van der Waals surface area contributed by atoms with Crippen molar-refractivity contribution in [1.82, 2.24) is 10.6 Å². The largest absolute Gasteiger partial charge is 0.346 e. The molecule has 1 amide bonds. The van der Waals surface area contributed by atoms with Gasteiger partial charge in [-0.2, -0.15) is 0 Å². The van der Waals surface area contributed by atoms with Crippen molar-refractivity contribution in [2.24, 2.45) is 0 Å². The molecule has 86 valence electrons. The Morgan fingerprint density at radius 1 is 1.47 bits per heavy atom. The Balaban J connectivity index is 4.11. The van der Waals surface area contributed by atoms with Crippen molar-refractivity contribution in [2.45, 2.75) is 32.2 Å². The van der Waals surface area contributed by atoms with E-state index in [-0.39, 0.29) is 6.04 Å². The van der Waals surface area contributed by atoms with E-state index in [0.29, 0.717) is 13.0 Å². The number of nitrogens with one attached hydrogen (secondary N) is 2. The predicted octanol–water partition coefficient (Wildman–Crippen LogP) is 0.636. The normalized spacial score (nSPS) is 11.9. The Bertz CT molecular complexity index is 227. The zero-order valence-electron chi connectivity index (χ0n) is 9.51. The summed E-state index contributed by atoms with van der Waals surface area (Å²) >= 11 is 0. The third kappa shape index (κ3) is 5.32. The summed E-state index contributed by atoms with van der Waals surface area (Å²) in [6.07, 6.45) is 4.20. The molecular formula is C11H20N2O2. The average molecular weight is 212 g/mol. The highest BCUT2D eigenvalue weighted by Gasteiger charge is 2.22. The van der Waals surface area contributed by atoms with E-state index in [1.807, 2.05) is 0 Å². The summed E-state index contributed by atoms with van der Waals surface area (Å²) in [6.45, 7) is 5.84. The smallest absolute Gasteiger partial charge is 0.289 e. The van der Waals surface area contributed by atoms with Crippen LogP contribution in [0.1, 0.15) is 26.2 Å². The lowest BCUT2D eigenvalue weighted by atomic mass is 10.1. The Kier molecular flexibility index (Phi) is 7.54. The molecule has 0 aromatic rings. The summed E-state index contributed by atoms with van der Waals surface area (Å²) < 4.78 is 0. The quantitative estimate of drug-likeness (QED) is 0.458. The Morgan fingerprint density at radius 2 is 2.13 bits per heavy atom. The van der Waals surface area contributed by atoms with E-state index in [1.54, 1.807) is 13.1 Å². The number of hydrogen-bond acceptors (Lipinski definition) is 3. The van der Waals surface area contributed by atoms with Crippen molar-refractivity contribution in [3.05, 3.63) is 12.7 Å². The van der Waals surface area contributed by atoms with Gasteiger partial charge in [-0.05, 0) is 13.5 Å². The van der Waals surface area contributed by atoms with Crippen LogP contribution in [0, 0.1) is 0 Å². The fraction of sp³-hybridized carbons (Fsp3) is 0.636. The summed E-state index contributed by atoms with van der Waals surface area (Å²) in [5, 5.41) is 5.33. The molecule has 0 spiro atoms. The minimum Gasteiger partial charge on any atom is -0.346 e.